The molecule has 5 nitrogen and oxygen atoms in total. The number of oxazole rings is 1. The molecule has 2 aromatic heterocycles. The Bertz CT molecular complexity index is 791. The average Bonchev–Trinajstić information content (AvgIpc) is 3.25. The van der Waals surface area contributed by atoms with Gasteiger partial charge in [-0.05, 0) is 36.9 Å². The summed E-state index contributed by atoms with van der Waals surface area (Å²) in [6, 6.07) is 12.2. The fraction of sp³-hybridized carbons (Fsp3) is 0.222. The van der Waals surface area contributed by atoms with Gasteiger partial charge in [-0.3, -0.25) is 0 Å². The Balaban J connectivity index is 1.51. The SMILES string of the molecule is Cc1ccc(-c2nc(CN=C(N)NCCc3cccs3)co2)cc1. The molecule has 124 valence electrons. The van der Waals surface area contributed by atoms with Crippen molar-refractivity contribution in [1.82, 2.24) is 10.3 Å². The normalized spacial score (nSPS) is 11.6. The van der Waals surface area contributed by atoms with E-state index in [9.17, 15) is 0 Å². The van der Waals surface area contributed by atoms with Crippen LogP contribution in [0.1, 0.15) is 16.1 Å². The van der Waals surface area contributed by atoms with Gasteiger partial charge in [-0.15, -0.1) is 11.3 Å². The minimum absolute atomic E-state index is 0.396. The van der Waals surface area contributed by atoms with Gasteiger partial charge >= 0.3 is 0 Å². The van der Waals surface area contributed by atoms with Crippen LogP contribution in [0.25, 0.3) is 11.5 Å². The predicted octanol–water partition coefficient (Wildman–Crippen LogP) is 3.36. The van der Waals surface area contributed by atoms with Crippen molar-refractivity contribution < 1.29 is 4.42 Å². The highest BCUT2D eigenvalue weighted by Gasteiger charge is 2.06. The number of aryl methyl sites for hydroxylation is 1. The molecule has 0 saturated heterocycles. The largest absolute Gasteiger partial charge is 0.444 e. The lowest BCUT2D eigenvalue weighted by Crippen LogP contribution is -2.33. The van der Waals surface area contributed by atoms with Gasteiger partial charge in [-0.1, -0.05) is 23.8 Å². The van der Waals surface area contributed by atoms with Crippen molar-refractivity contribution in [2.75, 3.05) is 6.54 Å². The van der Waals surface area contributed by atoms with Gasteiger partial charge in [0.15, 0.2) is 5.96 Å². The summed E-state index contributed by atoms with van der Waals surface area (Å²) in [6.07, 6.45) is 2.56. The highest BCUT2D eigenvalue weighted by Crippen LogP contribution is 2.19. The van der Waals surface area contributed by atoms with Gasteiger partial charge in [0.05, 0.1) is 6.54 Å². The van der Waals surface area contributed by atoms with E-state index < -0.39 is 0 Å². The molecule has 0 radical (unpaired) electrons. The van der Waals surface area contributed by atoms with Gasteiger partial charge < -0.3 is 15.5 Å². The lowest BCUT2D eigenvalue weighted by molar-refractivity contribution is 0.572. The van der Waals surface area contributed by atoms with E-state index >= 15 is 0 Å². The molecule has 0 unspecified atom stereocenters. The summed E-state index contributed by atoms with van der Waals surface area (Å²) in [7, 11) is 0. The molecule has 1 aromatic carbocycles. The van der Waals surface area contributed by atoms with Gasteiger partial charge in [0.25, 0.3) is 0 Å². The van der Waals surface area contributed by atoms with Crippen LogP contribution in [-0.4, -0.2) is 17.5 Å². The van der Waals surface area contributed by atoms with Crippen molar-refractivity contribution >= 4 is 17.3 Å². The van der Waals surface area contributed by atoms with E-state index in [0.717, 1.165) is 24.2 Å². The number of nitrogens with zero attached hydrogens (tertiary/aromatic N) is 2. The summed E-state index contributed by atoms with van der Waals surface area (Å²) in [4.78, 5) is 10.1. The molecule has 0 atom stereocenters. The predicted molar refractivity (Wildman–Crippen MR) is 98.0 cm³/mol. The number of aliphatic imine (C=N–C) groups is 1. The summed E-state index contributed by atoms with van der Waals surface area (Å²) >= 11 is 1.74. The summed E-state index contributed by atoms with van der Waals surface area (Å²) in [6.45, 7) is 3.21. The quantitative estimate of drug-likeness (QED) is 0.533. The van der Waals surface area contributed by atoms with E-state index in [4.69, 9.17) is 10.2 Å². The summed E-state index contributed by atoms with van der Waals surface area (Å²) in [5, 5.41) is 5.18. The van der Waals surface area contributed by atoms with Gasteiger partial charge in [-0.2, -0.15) is 0 Å². The maximum Gasteiger partial charge on any atom is 0.226 e. The molecule has 0 saturated carbocycles. The molecule has 3 N–H and O–H groups in total. The topological polar surface area (TPSA) is 76.4 Å². The zero-order valence-corrected chi connectivity index (χ0v) is 14.3. The van der Waals surface area contributed by atoms with E-state index in [1.165, 1.54) is 10.4 Å². The second-order valence-corrected chi connectivity index (χ2v) is 6.50. The molecule has 0 aliphatic rings. The van der Waals surface area contributed by atoms with Crippen LogP contribution in [0.3, 0.4) is 0 Å². The van der Waals surface area contributed by atoms with Gasteiger partial charge in [0, 0.05) is 17.0 Å². The molecule has 0 bridgehead atoms. The Kier molecular flexibility index (Phi) is 5.28. The molecule has 2 heterocycles. The van der Waals surface area contributed by atoms with Crippen molar-refractivity contribution in [3.8, 4) is 11.5 Å². The molecule has 3 aromatic rings. The average molecular weight is 340 g/mol. The first-order chi connectivity index (χ1) is 11.7. The van der Waals surface area contributed by atoms with Crippen LogP contribution < -0.4 is 11.1 Å². The minimum Gasteiger partial charge on any atom is -0.444 e. The molecule has 0 spiro atoms. The summed E-state index contributed by atoms with van der Waals surface area (Å²) in [5.41, 5.74) is 8.80. The highest BCUT2D eigenvalue weighted by atomic mass is 32.1. The van der Waals surface area contributed by atoms with Crippen molar-refractivity contribution in [3.63, 3.8) is 0 Å². The highest BCUT2D eigenvalue weighted by molar-refractivity contribution is 7.09. The maximum absolute atomic E-state index is 5.88. The summed E-state index contributed by atoms with van der Waals surface area (Å²) in [5.74, 6) is 1.02. The van der Waals surface area contributed by atoms with Crippen LogP contribution in [-0.2, 0) is 13.0 Å². The molecular weight excluding hydrogens is 320 g/mol. The molecular formula is C18H20N4OS. The lowest BCUT2D eigenvalue weighted by atomic mass is 10.1. The Labute approximate surface area is 145 Å². The fourth-order valence-electron chi connectivity index (χ4n) is 2.20. The number of guanidine groups is 1. The number of nitrogens with two attached hydrogens (primary N) is 1. The Morgan fingerprint density at radius 3 is 2.88 bits per heavy atom. The van der Waals surface area contributed by atoms with Crippen molar-refractivity contribution in [3.05, 3.63) is 64.2 Å². The molecule has 6 heteroatoms. The number of nitrogens with one attached hydrogen (secondary N) is 1. The van der Waals surface area contributed by atoms with Crippen molar-refractivity contribution in [2.24, 2.45) is 10.7 Å². The molecule has 0 aliphatic carbocycles. The van der Waals surface area contributed by atoms with Crippen molar-refractivity contribution in [2.45, 2.75) is 19.9 Å². The number of aromatic nitrogens is 1. The van der Waals surface area contributed by atoms with Crippen LogP contribution in [0.2, 0.25) is 0 Å². The Morgan fingerprint density at radius 2 is 2.12 bits per heavy atom. The zero-order chi connectivity index (χ0) is 16.8. The standard InChI is InChI=1S/C18H20N4OS/c1-13-4-6-14(7-5-13)17-22-15(12-23-17)11-21-18(19)20-9-8-16-3-2-10-24-16/h2-7,10,12H,8-9,11H2,1H3,(H3,19,20,21). The van der Waals surface area contributed by atoms with E-state index in [2.05, 4.69) is 26.7 Å². The fourth-order valence-corrected chi connectivity index (χ4v) is 2.91. The van der Waals surface area contributed by atoms with Crippen molar-refractivity contribution in [1.29, 1.82) is 0 Å². The first-order valence-electron chi connectivity index (χ1n) is 7.78. The van der Waals surface area contributed by atoms with E-state index in [0.29, 0.717) is 18.4 Å². The molecule has 3 rings (SSSR count). The second kappa shape index (κ2) is 7.79. The third-order valence-electron chi connectivity index (χ3n) is 3.52. The zero-order valence-electron chi connectivity index (χ0n) is 13.5. The van der Waals surface area contributed by atoms with Crippen LogP contribution >= 0.6 is 11.3 Å². The molecule has 0 amide bonds. The monoisotopic (exact) mass is 340 g/mol. The number of rotatable bonds is 6. The van der Waals surface area contributed by atoms with Gasteiger partial charge in [-0.25, -0.2) is 9.98 Å². The molecule has 0 fully saturated rings. The van der Waals surface area contributed by atoms with E-state index in [1.807, 2.05) is 37.3 Å². The third-order valence-corrected chi connectivity index (χ3v) is 4.46. The third kappa shape index (κ3) is 4.45. The second-order valence-electron chi connectivity index (χ2n) is 5.47. The van der Waals surface area contributed by atoms with Crippen LogP contribution in [0.5, 0.6) is 0 Å². The number of thiophene rings is 1. The lowest BCUT2D eigenvalue weighted by Gasteiger charge is -2.03. The van der Waals surface area contributed by atoms with Crippen LogP contribution in [0, 0.1) is 6.92 Å². The molecule has 24 heavy (non-hydrogen) atoms. The molecule has 0 aliphatic heterocycles. The first-order valence-corrected chi connectivity index (χ1v) is 8.66. The maximum atomic E-state index is 5.88. The van der Waals surface area contributed by atoms with E-state index in [-0.39, 0.29) is 0 Å². The smallest absolute Gasteiger partial charge is 0.226 e. The summed E-state index contributed by atoms with van der Waals surface area (Å²) < 4.78 is 5.51. The number of hydrogen-bond donors (Lipinski definition) is 2. The van der Waals surface area contributed by atoms with Gasteiger partial charge in [0.1, 0.15) is 12.0 Å². The number of benzene rings is 1. The Morgan fingerprint density at radius 1 is 1.29 bits per heavy atom. The minimum atomic E-state index is 0.396. The number of hydrogen-bond acceptors (Lipinski definition) is 4. The van der Waals surface area contributed by atoms with Crippen LogP contribution in [0.4, 0.5) is 0 Å². The van der Waals surface area contributed by atoms with E-state index in [1.54, 1.807) is 17.6 Å². The van der Waals surface area contributed by atoms with Crippen LogP contribution in [0.15, 0.2) is 57.5 Å². The Hall–Kier alpha value is -2.60. The first kappa shape index (κ1) is 16.3. The van der Waals surface area contributed by atoms with Gasteiger partial charge in [0.2, 0.25) is 5.89 Å².